The van der Waals surface area contributed by atoms with E-state index in [9.17, 15) is 9.59 Å². The van der Waals surface area contributed by atoms with Crippen molar-refractivity contribution >= 4 is 28.5 Å². The van der Waals surface area contributed by atoms with Crippen molar-refractivity contribution in [1.82, 2.24) is 15.6 Å². The van der Waals surface area contributed by atoms with Gasteiger partial charge in [-0.2, -0.15) is 0 Å². The van der Waals surface area contributed by atoms with Gasteiger partial charge < -0.3 is 15.6 Å². The summed E-state index contributed by atoms with van der Waals surface area (Å²) in [7, 11) is 0. The maximum Gasteiger partial charge on any atom is 0.315 e. The van der Waals surface area contributed by atoms with Gasteiger partial charge in [0.25, 0.3) is 5.56 Å². The van der Waals surface area contributed by atoms with Crippen molar-refractivity contribution < 1.29 is 4.79 Å². The Labute approximate surface area is 162 Å². The minimum Gasteiger partial charge on any atom is -0.338 e. The lowest BCUT2D eigenvalue weighted by molar-refractivity contribution is 0.240. The molecule has 0 aliphatic carbocycles. The third kappa shape index (κ3) is 4.68. The Balaban J connectivity index is 1.57. The van der Waals surface area contributed by atoms with E-state index in [1.807, 2.05) is 44.2 Å². The Morgan fingerprint density at radius 3 is 2.70 bits per heavy atom. The first-order chi connectivity index (χ1) is 12.9. The summed E-state index contributed by atoms with van der Waals surface area (Å²) in [4.78, 5) is 27.2. The molecule has 0 unspecified atom stereocenters. The second kappa shape index (κ2) is 8.27. The Morgan fingerprint density at radius 1 is 1.11 bits per heavy atom. The quantitative estimate of drug-likeness (QED) is 0.626. The van der Waals surface area contributed by atoms with E-state index in [0.717, 1.165) is 27.6 Å². The number of aromatic amines is 1. The molecule has 6 heteroatoms. The zero-order valence-electron chi connectivity index (χ0n) is 15.4. The lowest BCUT2D eigenvalue weighted by Crippen LogP contribution is -2.36. The molecule has 0 saturated heterocycles. The van der Waals surface area contributed by atoms with Gasteiger partial charge in [0, 0.05) is 23.7 Å². The fourth-order valence-electron chi connectivity index (χ4n) is 2.96. The van der Waals surface area contributed by atoms with E-state index >= 15 is 0 Å². The zero-order chi connectivity index (χ0) is 19.4. The summed E-state index contributed by atoms with van der Waals surface area (Å²) in [5, 5.41) is 7.18. The van der Waals surface area contributed by atoms with Gasteiger partial charge in [0.1, 0.15) is 0 Å². The Kier molecular flexibility index (Phi) is 5.81. The molecule has 2 amide bonds. The van der Waals surface area contributed by atoms with Gasteiger partial charge in [-0.1, -0.05) is 35.9 Å². The van der Waals surface area contributed by atoms with Crippen LogP contribution in [0.25, 0.3) is 10.9 Å². The molecular formula is C21H22ClN3O2. The van der Waals surface area contributed by atoms with Crippen molar-refractivity contribution in [3.8, 4) is 0 Å². The van der Waals surface area contributed by atoms with Gasteiger partial charge in [0.2, 0.25) is 0 Å². The number of carbonyl (C=O) groups is 1. The smallest absolute Gasteiger partial charge is 0.315 e. The molecule has 0 fully saturated rings. The van der Waals surface area contributed by atoms with Crippen LogP contribution in [0.15, 0.2) is 47.3 Å². The van der Waals surface area contributed by atoms with E-state index in [1.54, 1.807) is 12.1 Å². The van der Waals surface area contributed by atoms with Crippen molar-refractivity contribution in [3.63, 3.8) is 0 Å². The number of rotatable bonds is 5. The van der Waals surface area contributed by atoms with E-state index in [-0.39, 0.29) is 11.6 Å². The van der Waals surface area contributed by atoms with Crippen LogP contribution in [0, 0.1) is 13.8 Å². The number of halogens is 1. The first-order valence-corrected chi connectivity index (χ1v) is 9.20. The third-order valence-electron chi connectivity index (χ3n) is 4.65. The number of amides is 2. The normalized spacial score (nSPS) is 10.8. The molecular weight excluding hydrogens is 362 g/mol. The van der Waals surface area contributed by atoms with Gasteiger partial charge in [-0.05, 0) is 60.5 Å². The van der Waals surface area contributed by atoms with Gasteiger partial charge >= 0.3 is 6.03 Å². The summed E-state index contributed by atoms with van der Waals surface area (Å²) in [6, 6.07) is 13.0. The second-order valence-corrected chi connectivity index (χ2v) is 7.02. The Morgan fingerprint density at radius 2 is 1.93 bits per heavy atom. The molecule has 3 aromatic rings. The topological polar surface area (TPSA) is 74.0 Å². The number of aromatic nitrogens is 1. The van der Waals surface area contributed by atoms with Crippen molar-refractivity contribution in [2.24, 2.45) is 0 Å². The summed E-state index contributed by atoms with van der Waals surface area (Å²) in [6.07, 6.45) is 0.461. The van der Waals surface area contributed by atoms with Crippen LogP contribution < -0.4 is 16.2 Å². The maximum absolute atomic E-state index is 12.3. The lowest BCUT2D eigenvalue weighted by atomic mass is 10.0. The number of nitrogens with one attached hydrogen (secondary N) is 3. The molecule has 0 radical (unpaired) electrons. The molecule has 2 aromatic carbocycles. The van der Waals surface area contributed by atoms with Crippen molar-refractivity contribution in [2.45, 2.75) is 26.8 Å². The molecule has 3 N–H and O–H groups in total. The van der Waals surface area contributed by atoms with Crippen LogP contribution in [0.3, 0.4) is 0 Å². The molecule has 3 rings (SSSR count). The van der Waals surface area contributed by atoms with Crippen molar-refractivity contribution in [3.05, 3.63) is 80.1 Å². The minimum atomic E-state index is -0.279. The number of fused-ring (bicyclic) bond motifs is 1. The van der Waals surface area contributed by atoms with Crippen LogP contribution >= 0.6 is 11.6 Å². The van der Waals surface area contributed by atoms with E-state index in [2.05, 4.69) is 15.6 Å². The molecule has 1 aromatic heterocycles. The highest BCUT2D eigenvalue weighted by molar-refractivity contribution is 6.30. The van der Waals surface area contributed by atoms with Gasteiger partial charge in [-0.3, -0.25) is 4.79 Å². The van der Waals surface area contributed by atoms with Crippen LogP contribution in [0.4, 0.5) is 4.79 Å². The van der Waals surface area contributed by atoms with Crippen LogP contribution in [0.1, 0.15) is 22.3 Å². The van der Waals surface area contributed by atoms with Crippen LogP contribution in [-0.2, 0) is 13.0 Å². The Hall–Kier alpha value is -2.79. The van der Waals surface area contributed by atoms with E-state index < -0.39 is 0 Å². The predicted octanol–water partition coefficient (Wildman–Crippen LogP) is 3.84. The Bertz CT molecular complexity index is 1040. The summed E-state index contributed by atoms with van der Waals surface area (Å²) in [5.41, 5.74) is 4.56. The molecule has 0 aliphatic rings. The van der Waals surface area contributed by atoms with Crippen LogP contribution in [0.2, 0.25) is 5.02 Å². The summed E-state index contributed by atoms with van der Waals surface area (Å²) in [6.45, 7) is 4.79. The average molecular weight is 384 g/mol. The molecule has 0 bridgehead atoms. The van der Waals surface area contributed by atoms with Crippen LogP contribution in [-0.4, -0.2) is 17.6 Å². The number of aryl methyl sites for hydroxylation is 2. The molecule has 0 atom stereocenters. The zero-order valence-corrected chi connectivity index (χ0v) is 16.1. The molecule has 140 valence electrons. The summed E-state index contributed by atoms with van der Waals surface area (Å²) >= 11 is 5.93. The third-order valence-corrected chi connectivity index (χ3v) is 4.89. The van der Waals surface area contributed by atoms with Crippen LogP contribution in [0.5, 0.6) is 0 Å². The van der Waals surface area contributed by atoms with Gasteiger partial charge in [-0.25, -0.2) is 4.79 Å². The number of hydrogen-bond acceptors (Lipinski definition) is 2. The van der Waals surface area contributed by atoms with Gasteiger partial charge in [-0.15, -0.1) is 0 Å². The van der Waals surface area contributed by atoms with E-state index in [1.165, 1.54) is 0 Å². The number of carbonyl (C=O) groups excluding carboxylic acids is 1. The standard InChI is InChI=1S/C21H22ClN3O2/c1-13-6-7-16-11-17(20(26)25-19(16)14(13)2)8-9-23-21(27)24-12-15-4-3-5-18(22)10-15/h3-7,10-11H,8-9,12H2,1-2H3,(H,25,26)(H2,23,24,27). The minimum absolute atomic E-state index is 0.114. The van der Waals surface area contributed by atoms with E-state index in [0.29, 0.717) is 30.1 Å². The highest BCUT2D eigenvalue weighted by atomic mass is 35.5. The van der Waals surface area contributed by atoms with Gasteiger partial charge in [0.05, 0.1) is 5.52 Å². The second-order valence-electron chi connectivity index (χ2n) is 6.58. The number of urea groups is 1. The molecule has 5 nitrogen and oxygen atoms in total. The summed E-state index contributed by atoms with van der Waals surface area (Å²) < 4.78 is 0. The first kappa shape index (κ1) is 19.0. The first-order valence-electron chi connectivity index (χ1n) is 8.82. The van der Waals surface area contributed by atoms with E-state index in [4.69, 9.17) is 11.6 Å². The predicted molar refractivity (Wildman–Crippen MR) is 109 cm³/mol. The highest BCUT2D eigenvalue weighted by Crippen LogP contribution is 2.18. The molecule has 0 saturated carbocycles. The monoisotopic (exact) mass is 383 g/mol. The molecule has 27 heavy (non-hydrogen) atoms. The van der Waals surface area contributed by atoms with Crippen molar-refractivity contribution in [1.29, 1.82) is 0 Å². The SMILES string of the molecule is Cc1ccc2cc(CCNC(=O)NCc3cccc(Cl)c3)c(=O)[nH]c2c1C. The maximum atomic E-state index is 12.3. The average Bonchev–Trinajstić information content (AvgIpc) is 2.64. The number of H-pyrrole nitrogens is 1. The fourth-order valence-corrected chi connectivity index (χ4v) is 3.17. The molecule has 0 spiro atoms. The highest BCUT2D eigenvalue weighted by Gasteiger charge is 2.07. The lowest BCUT2D eigenvalue weighted by Gasteiger charge is -2.09. The number of benzene rings is 2. The van der Waals surface area contributed by atoms with Gasteiger partial charge in [0.15, 0.2) is 0 Å². The molecule has 0 aliphatic heterocycles. The number of pyridine rings is 1. The fraction of sp³-hybridized carbons (Fsp3) is 0.238. The summed E-state index contributed by atoms with van der Waals surface area (Å²) in [5.74, 6) is 0. The number of hydrogen-bond donors (Lipinski definition) is 3. The largest absolute Gasteiger partial charge is 0.338 e. The molecule has 1 heterocycles. The van der Waals surface area contributed by atoms with Crippen molar-refractivity contribution in [2.75, 3.05) is 6.54 Å².